The van der Waals surface area contributed by atoms with Gasteiger partial charge >= 0.3 is 12.4 Å². The average molecular weight is 396 g/mol. The van der Waals surface area contributed by atoms with Gasteiger partial charge in [-0.2, -0.15) is 26.3 Å². The van der Waals surface area contributed by atoms with E-state index in [0.717, 1.165) is 0 Å². The fraction of sp³-hybridized carbons (Fsp3) is 0.625. The molecule has 1 atom stereocenters. The lowest BCUT2D eigenvalue weighted by Gasteiger charge is -2.48. The van der Waals surface area contributed by atoms with Gasteiger partial charge in [0.15, 0.2) is 5.82 Å². The van der Waals surface area contributed by atoms with E-state index in [2.05, 4.69) is 4.98 Å². The van der Waals surface area contributed by atoms with E-state index < -0.39 is 42.1 Å². The van der Waals surface area contributed by atoms with E-state index in [1.54, 1.807) is 0 Å². The quantitative estimate of drug-likeness (QED) is 0.721. The van der Waals surface area contributed by atoms with E-state index in [0.29, 0.717) is 30.3 Å². The van der Waals surface area contributed by atoms with Gasteiger partial charge in [-0.15, -0.1) is 0 Å². The number of rotatable bonds is 2. The van der Waals surface area contributed by atoms with E-state index >= 15 is 0 Å². The molecule has 1 aromatic heterocycles. The van der Waals surface area contributed by atoms with Crippen LogP contribution in [0.2, 0.25) is 0 Å². The van der Waals surface area contributed by atoms with Crippen molar-refractivity contribution in [3.05, 3.63) is 17.8 Å². The molecule has 5 nitrogen and oxygen atoms in total. The molecule has 0 aromatic carbocycles. The number of alkyl halides is 6. The number of nitrogens with zero attached hydrogens (tertiary/aromatic N) is 4. The van der Waals surface area contributed by atoms with Crippen molar-refractivity contribution in [1.29, 1.82) is 0 Å². The zero-order valence-corrected chi connectivity index (χ0v) is 14.6. The third-order valence-electron chi connectivity index (χ3n) is 4.77. The Labute approximate surface area is 151 Å². The molecular formula is C16H18F6N4O. The van der Waals surface area contributed by atoms with Gasteiger partial charge < -0.3 is 4.90 Å². The van der Waals surface area contributed by atoms with Crippen molar-refractivity contribution < 1.29 is 31.1 Å². The number of hydrogen-bond acceptors (Lipinski definition) is 4. The lowest BCUT2D eigenvalue weighted by Crippen LogP contribution is -2.64. The van der Waals surface area contributed by atoms with Crippen LogP contribution < -0.4 is 9.80 Å². The van der Waals surface area contributed by atoms with Crippen molar-refractivity contribution in [2.24, 2.45) is 0 Å². The Bertz CT molecular complexity index is 733. The molecule has 0 radical (unpaired) electrons. The Morgan fingerprint density at radius 2 is 1.85 bits per heavy atom. The number of amides is 1. The molecule has 11 heteroatoms. The molecule has 2 aliphatic heterocycles. The van der Waals surface area contributed by atoms with E-state index in [9.17, 15) is 31.1 Å². The molecule has 150 valence electrons. The van der Waals surface area contributed by atoms with E-state index in [1.807, 2.05) is 18.7 Å². The summed E-state index contributed by atoms with van der Waals surface area (Å²) in [4.78, 5) is 20.4. The lowest BCUT2D eigenvalue weighted by molar-refractivity contribution is -0.138. The van der Waals surface area contributed by atoms with E-state index in [1.165, 1.54) is 4.90 Å². The van der Waals surface area contributed by atoms with Crippen LogP contribution in [0.1, 0.15) is 19.4 Å². The zero-order chi connectivity index (χ0) is 20.1. The molecule has 1 amide bonds. The molecule has 0 N–H and O–H groups in total. The van der Waals surface area contributed by atoms with Crippen LogP contribution in [0.15, 0.2) is 12.3 Å². The maximum atomic E-state index is 13.0. The van der Waals surface area contributed by atoms with E-state index in [4.69, 9.17) is 0 Å². The van der Waals surface area contributed by atoms with Gasteiger partial charge in [0.2, 0.25) is 0 Å². The van der Waals surface area contributed by atoms with Crippen LogP contribution >= 0.6 is 0 Å². The van der Waals surface area contributed by atoms with Gasteiger partial charge in [-0.3, -0.25) is 14.6 Å². The summed E-state index contributed by atoms with van der Waals surface area (Å²) in [6, 6.07) is -0.269. The molecule has 0 saturated carbocycles. The fourth-order valence-corrected chi connectivity index (χ4v) is 3.40. The van der Waals surface area contributed by atoms with Gasteiger partial charge in [0, 0.05) is 31.9 Å². The zero-order valence-electron chi connectivity index (χ0n) is 14.6. The van der Waals surface area contributed by atoms with Crippen LogP contribution in [0, 0.1) is 0 Å². The molecule has 2 aliphatic rings. The van der Waals surface area contributed by atoms with Gasteiger partial charge in [-0.05, 0) is 19.9 Å². The molecule has 1 saturated heterocycles. The van der Waals surface area contributed by atoms with Crippen LogP contribution in [-0.2, 0) is 11.0 Å². The Morgan fingerprint density at radius 1 is 1.19 bits per heavy atom. The summed E-state index contributed by atoms with van der Waals surface area (Å²) in [5.41, 5.74) is -1.65. The van der Waals surface area contributed by atoms with Crippen molar-refractivity contribution in [3.63, 3.8) is 0 Å². The Morgan fingerprint density at radius 3 is 2.41 bits per heavy atom. The number of piperazine rings is 1. The minimum absolute atomic E-state index is 0.0275. The first-order valence-corrected chi connectivity index (χ1v) is 8.34. The van der Waals surface area contributed by atoms with Crippen LogP contribution in [0.3, 0.4) is 0 Å². The molecule has 0 spiro atoms. The lowest BCUT2D eigenvalue weighted by atomic mass is 10.0. The van der Waals surface area contributed by atoms with Crippen molar-refractivity contribution in [2.45, 2.75) is 38.3 Å². The SMILES string of the molecule is CC(C)N1CCN2c3ncc(C(F)(F)F)cc3N(CC(F)(F)F)C(=O)C2C1. The van der Waals surface area contributed by atoms with Gasteiger partial charge in [-0.25, -0.2) is 4.98 Å². The highest BCUT2D eigenvalue weighted by Crippen LogP contribution is 2.41. The summed E-state index contributed by atoms with van der Waals surface area (Å²) in [5.74, 6) is -0.897. The van der Waals surface area contributed by atoms with Crippen molar-refractivity contribution >= 4 is 17.4 Å². The highest BCUT2D eigenvalue weighted by Gasteiger charge is 2.47. The van der Waals surface area contributed by atoms with Gasteiger partial charge in [0.05, 0.1) is 11.3 Å². The minimum Gasteiger partial charge on any atom is -0.340 e. The minimum atomic E-state index is -4.78. The largest absolute Gasteiger partial charge is 0.417 e. The second-order valence-electron chi connectivity index (χ2n) is 6.90. The highest BCUT2D eigenvalue weighted by atomic mass is 19.4. The number of fused-ring (bicyclic) bond motifs is 3. The standard InChI is InChI=1S/C16H18F6N4O/c1-9(2)24-3-4-25-12(7-24)14(27)26(8-15(17,18)19)11-5-10(16(20,21)22)6-23-13(11)25/h5-6,9,12H,3-4,7-8H2,1-2H3. The number of anilines is 2. The number of hydrogen-bond donors (Lipinski definition) is 0. The molecule has 27 heavy (non-hydrogen) atoms. The summed E-state index contributed by atoms with van der Waals surface area (Å²) in [5, 5.41) is 0. The van der Waals surface area contributed by atoms with Crippen molar-refractivity contribution in [1.82, 2.24) is 9.88 Å². The first-order chi connectivity index (χ1) is 12.4. The summed E-state index contributed by atoms with van der Waals surface area (Å²) >= 11 is 0. The normalized spacial score (nSPS) is 21.5. The maximum absolute atomic E-state index is 13.0. The second kappa shape index (κ2) is 6.54. The Balaban J connectivity index is 2.07. The first-order valence-electron chi connectivity index (χ1n) is 8.34. The van der Waals surface area contributed by atoms with Crippen LogP contribution in [0.4, 0.5) is 37.8 Å². The second-order valence-corrected chi connectivity index (χ2v) is 6.90. The molecule has 0 bridgehead atoms. The Hall–Kier alpha value is -2.04. The fourth-order valence-electron chi connectivity index (χ4n) is 3.40. The molecule has 1 aromatic rings. The van der Waals surface area contributed by atoms with Crippen molar-refractivity contribution in [3.8, 4) is 0 Å². The number of carbonyl (C=O) groups excluding carboxylic acids is 1. The summed E-state index contributed by atoms with van der Waals surface area (Å²) in [7, 11) is 0. The average Bonchev–Trinajstić information content (AvgIpc) is 2.55. The van der Waals surface area contributed by atoms with Crippen LogP contribution in [-0.4, -0.2) is 60.2 Å². The van der Waals surface area contributed by atoms with Crippen LogP contribution in [0.5, 0.6) is 0 Å². The summed E-state index contributed by atoms with van der Waals surface area (Å²) in [6.45, 7) is 3.15. The number of aromatic nitrogens is 1. The predicted octanol–water partition coefficient (Wildman–Crippen LogP) is 2.91. The van der Waals surface area contributed by atoms with Crippen LogP contribution in [0.25, 0.3) is 0 Å². The van der Waals surface area contributed by atoms with Gasteiger partial charge in [-0.1, -0.05) is 0 Å². The predicted molar refractivity (Wildman–Crippen MR) is 85.5 cm³/mol. The third-order valence-corrected chi connectivity index (χ3v) is 4.77. The smallest absolute Gasteiger partial charge is 0.340 e. The number of pyridine rings is 1. The molecule has 1 unspecified atom stereocenters. The molecule has 3 rings (SSSR count). The molecule has 0 aliphatic carbocycles. The molecule has 1 fully saturated rings. The van der Waals surface area contributed by atoms with Gasteiger partial charge in [0.1, 0.15) is 12.6 Å². The number of carbonyl (C=O) groups is 1. The number of halogens is 6. The van der Waals surface area contributed by atoms with E-state index in [-0.39, 0.29) is 18.4 Å². The van der Waals surface area contributed by atoms with Gasteiger partial charge in [0.25, 0.3) is 5.91 Å². The first kappa shape index (κ1) is 19.7. The summed E-state index contributed by atoms with van der Waals surface area (Å²) < 4.78 is 78.1. The Kier molecular flexibility index (Phi) is 4.77. The van der Waals surface area contributed by atoms with Crippen molar-refractivity contribution in [2.75, 3.05) is 36.0 Å². The molecule has 3 heterocycles. The summed E-state index contributed by atoms with van der Waals surface area (Å²) in [6.07, 6.45) is -8.94. The monoisotopic (exact) mass is 396 g/mol. The third kappa shape index (κ3) is 3.83. The highest BCUT2D eigenvalue weighted by molar-refractivity contribution is 6.05. The molecular weight excluding hydrogens is 378 g/mol. The maximum Gasteiger partial charge on any atom is 0.417 e. The topological polar surface area (TPSA) is 39.7 Å².